The van der Waals surface area contributed by atoms with E-state index in [1.165, 1.54) is 4.90 Å². The zero-order valence-electron chi connectivity index (χ0n) is 9.77. The number of aliphatic hydroxyl groups is 2. The molecular formula is C10H20N2O4. The number of hydrogen-bond acceptors (Lipinski definition) is 4. The topological polar surface area (TPSA) is 104 Å². The van der Waals surface area contributed by atoms with Gasteiger partial charge in [0.05, 0.1) is 18.6 Å². The van der Waals surface area contributed by atoms with E-state index >= 15 is 0 Å². The van der Waals surface area contributed by atoms with Crippen LogP contribution in [0.25, 0.3) is 0 Å². The fraction of sp³-hybridized carbons (Fsp3) is 0.800. The van der Waals surface area contributed by atoms with Gasteiger partial charge in [-0.2, -0.15) is 0 Å². The van der Waals surface area contributed by atoms with E-state index < -0.39 is 11.3 Å². The summed E-state index contributed by atoms with van der Waals surface area (Å²) in [6.07, 6.45) is -0.0255. The molecule has 0 rings (SSSR count). The van der Waals surface area contributed by atoms with E-state index in [9.17, 15) is 9.59 Å². The summed E-state index contributed by atoms with van der Waals surface area (Å²) in [7, 11) is 0. The van der Waals surface area contributed by atoms with Crippen molar-refractivity contribution < 1.29 is 19.8 Å². The predicted molar refractivity (Wildman–Crippen MR) is 58.3 cm³/mol. The smallest absolute Gasteiger partial charge is 0.223 e. The molecule has 0 aromatic carbocycles. The Kier molecular flexibility index (Phi) is 5.98. The van der Waals surface area contributed by atoms with E-state index in [4.69, 9.17) is 15.9 Å². The molecule has 0 aromatic rings. The summed E-state index contributed by atoms with van der Waals surface area (Å²) in [6.45, 7) is 3.11. The highest BCUT2D eigenvalue weighted by Crippen LogP contribution is 2.20. The Morgan fingerprint density at radius 3 is 1.94 bits per heavy atom. The van der Waals surface area contributed by atoms with E-state index in [1.807, 2.05) is 0 Å². The Bertz CT molecular complexity index is 247. The van der Waals surface area contributed by atoms with Crippen molar-refractivity contribution in [2.45, 2.75) is 20.3 Å². The van der Waals surface area contributed by atoms with E-state index in [2.05, 4.69) is 0 Å². The molecule has 0 saturated carbocycles. The average molecular weight is 232 g/mol. The standard InChI is InChI=1S/C10H20N2O4/c1-10(2,9(11)16)7-8(15)12(3-5-13)4-6-14/h13-14H,3-7H2,1-2H3,(H2,11,16). The van der Waals surface area contributed by atoms with Crippen LogP contribution in [0.2, 0.25) is 0 Å². The van der Waals surface area contributed by atoms with Gasteiger partial charge in [0.2, 0.25) is 11.8 Å². The zero-order valence-corrected chi connectivity index (χ0v) is 9.77. The Morgan fingerprint density at radius 1 is 1.19 bits per heavy atom. The molecule has 4 N–H and O–H groups in total. The van der Waals surface area contributed by atoms with Crippen molar-refractivity contribution in [3.05, 3.63) is 0 Å². The van der Waals surface area contributed by atoms with Gasteiger partial charge in [-0.25, -0.2) is 0 Å². The van der Waals surface area contributed by atoms with Crippen LogP contribution in [0.1, 0.15) is 20.3 Å². The third-order valence-electron chi connectivity index (χ3n) is 2.35. The molecule has 0 bridgehead atoms. The molecular weight excluding hydrogens is 212 g/mol. The van der Waals surface area contributed by atoms with Crippen LogP contribution < -0.4 is 5.73 Å². The Morgan fingerprint density at radius 2 is 1.62 bits per heavy atom. The summed E-state index contributed by atoms with van der Waals surface area (Å²) in [5.41, 5.74) is 4.24. The first-order valence-corrected chi connectivity index (χ1v) is 5.14. The summed E-state index contributed by atoms with van der Waals surface area (Å²) < 4.78 is 0. The normalized spacial score (nSPS) is 11.2. The van der Waals surface area contributed by atoms with Gasteiger partial charge in [0, 0.05) is 19.5 Å². The van der Waals surface area contributed by atoms with Gasteiger partial charge in [-0.1, -0.05) is 13.8 Å². The molecule has 16 heavy (non-hydrogen) atoms. The monoisotopic (exact) mass is 232 g/mol. The highest BCUT2D eigenvalue weighted by molar-refractivity contribution is 5.87. The van der Waals surface area contributed by atoms with Gasteiger partial charge in [0.25, 0.3) is 0 Å². The molecule has 0 aliphatic rings. The number of nitrogens with zero attached hydrogens (tertiary/aromatic N) is 1. The van der Waals surface area contributed by atoms with Crippen molar-refractivity contribution >= 4 is 11.8 Å². The van der Waals surface area contributed by atoms with E-state index in [0.29, 0.717) is 0 Å². The molecule has 0 atom stereocenters. The Balaban J connectivity index is 4.45. The first kappa shape index (κ1) is 14.9. The van der Waals surface area contributed by atoms with Crippen molar-refractivity contribution in [1.29, 1.82) is 0 Å². The number of nitrogens with two attached hydrogens (primary N) is 1. The second kappa shape index (κ2) is 6.44. The second-order valence-corrected chi connectivity index (χ2v) is 4.25. The van der Waals surface area contributed by atoms with Crippen molar-refractivity contribution in [2.24, 2.45) is 11.1 Å². The lowest BCUT2D eigenvalue weighted by molar-refractivity contribution is -0.139. The molecule has 0 aliphatic carbocycles. The first-order valence-electron chi connectivity index (χ1n) is 5.14. The van der Waals surface area contributed by atoms with E-state index in [-0.39, 0.29) is 38.6 Å². The van der Waals surface area contributed by atoms with Crippen molar-refractivity contribution in [3.63, 3.8) is 0 Å². The fourth-order valence-corrected chi connectivity index (χ4v) is 1.18. The number of rotatable bonds is 7. The van der Waals surface area contributed by atoms with Crippen molar-refractivity contribution in [1.82, 2.24) is 4.90 Å². The maximum atomic E-state index is 11.7. The number of primary amides is 1. The molecule has 94 valence electrons. The van der Waals surface area contributed by atoms with E-state index in [0.717, 1.165) is 0 Å². The van der Waals surface area contributed by atoms with Crippen LogP contribution in [-0.4, -0.2) is 53.2 Å². The van der Waals surface area contributed by atoms with Gasteiger partial charge in [-0.05, 0) is 0 Å². The van der Waals surface area contributed by atoms with Gasteiger partial charge < -0.3 is 20.8 Å². The van der Waals surface area contributed by atoms with Gasteiger partial charge in [-0.15, -0.1) is 0 Å². The van der Waals surface area contributed by atoms with Crippen LogP contribution >= 0.6 is 0 Å². The molecule has 0 radical (unpaired) electrons. The lowest BCUT2D eigenvalue weighted by Crippen LogP contribution is -2.41. The Hall–Kier alpha value is -1.14. The van der Waals surface area contributed by atoms with Gasteiger partial charge in [0.1, 0.15) is 0 Å². The van der Waals surface area contributed by atoms with Gasteiger partial charge >= 0.3 is 0 Å². The predicted octanol–water partition coefficient (Wildman–Crippen LogP) is -1.30. The minimum Gasteiger partial charge on any atom is -0.395 e. The number of carbonyl (C=O) groups is 2. The maximum absolute atomic E-state index is 11.7. The van der Waals surface area contributed by atoms with Crippen LogP contribution in [0.5, 0.6) is 0 Å². The summed E-state index contributed by atoms with van der Waals surface area (Å²) in [5, 5.41) is 17.5. The average Bonchev–Trinajstić information content (AvgIpc) is 2.16. The number of hydrogen-bond donors (Lipinski definition) is 3. The van der Waals surface area contributed by atoms with Crippen molar-refractivity contribution in [2.75, 3.05) is 26.3 Å². The quantitative estimate of drug-likeness (QED) is 0.507. The molecule has 0 saturated heterocycles. The minimum atomic E-state index is -0.916. The third-order valence-corrected chi connectivity index (χ3v) is 2.35. The SMILES string of the molecule is CC(C)(CC(=O)N(CCO)CCO)C(N)=O. The largest absolute Gasteiger partial charge is 0.395 e. The maximum Gasteiger partial charge on any atom is 0.223 e. The molecule has 2 amide bonds. The second-order valence-electron chi connectivity index (χ2n) is 4.25. The molecule has 0 fully saturated rings. The van der Waals surface area contributed by atoms with Crippen LogP contribution in [0, 0.1) is 5.41 Å². The lowest BCUT2D eigenvalue weighted by Gasteiger charge is -2.26. The molecule has 0 heterocycles. The van der Waals surface area contributed by atoms with Crippen molar-refractivity contribution in [3.8, 4) is 0 Å². The van der Waals surface area contributed by atoms with Crippen LogP contribution in [0.3, 0.4) is 0 Å². The highest BCUT2D eigenvalue weighted by atomic mass is 16.3. The summed E-state index contributed by atoms with van der Waals surface area (Å²) in [4.78, 5) is 24.1. The van der Waals surface area contributed by atoms with Crippen LogP contribution in [-0.2, 0) is 9.59 Å². The third kappa shape index (κ3) is 4.59. The number of aliphatic hydroxyl groups excluding tert-OH is 2. The van der Waals surface area contributed by atoms with Crippen LogP contribution in [0.4, 0.5) is 0 Å². The summed E-state index contributed by atoms with van der Waals surface area (Å²) in [5.74, 6) is -0.847. The van der Waals surface area contributed by atoms with Gasteiger partial charge in [-0.3, -0.25) is 9.59 Å². The Labute approximate surface area is 95.0 Å². The molecule has 6 heteroatoms. The molecule has 0 aromatic heterocycles. The number of amides is 2. The van der Waals surface area contributed by atoms with Gasteiger partial charge in [0.15, 0.2) is 0 Å². The van der Waals surface area contributed by atoms with Crippen LogP contribution in [0.15, 0.2) is 0 Å². The first-order chi connectivity index (χ1) is 7.35. The lowest BCUT2D eigenvalue weighted by atomic mass is 9.88. The molecule has 0 spiro atoms. The fourth-order valence-electron chi connectivity index (χ4n) is 1.18. The summed E-state index contributed by atoms with van der Waals surface area (Å²) in [6, 6.07) is 0. The summed E-state index contributed by atoms with van der Waals surface area (Å²) >= 11 is 0. The molecule has 6 nitrogen and oxygen atoms in total. The zero-order chi connectivity index (χ0) is 12.8. The minimum absolute atomic E-state index is 0.0255. The van der Waals surface area contributed by atoms with E-state index in [1.54, 1.807) is 13.8 Å². The molecule has 0 unspecified atom stereocenters. The molecule has 0 aliphatic heterocycles. The number of carbonyl (C=O) groups excluding carboxylic acids is 2. The highest BCUT2D eigenvalue weighted by Gasteiger charge is 2.30.